The van der Waals surface area contributed by atoms with Gasteiger partial charge in [-0.1, -0.05) is 30.7 Å². The molecule has 0 aliphatic heterocycles. The van der Waals surface area contributed by atoms with Gasteiger partial charge in [0.1, 0.15) is 0 Å². The van der Waals surface area contributed by atoms with Crippen molar-refractivity contribution in [3.05, 3.63) is 51.3 Å². The molecule has 0 spiro atoms. The summed E-state index contributed by atoms with van der Waals surface area (Å²) in [5.74, 6) is 0. The number of rotatable bonds is 2. The fraction of sp³-hybridized carbons (Fsp3) is 0.471. The zero-order valence-electron chi connectivity index (χ0n) is 12.7. The Morgan fingerprint density at radius 1 is 1.33 bits per heavy atom. The van der Waals surface area contributed by atoms with Gasteiger partial charge in [0.2, 0.25) is 0 Å². The fourth-order valence-corrected chi connectivity index (χ4v) is 3.95. The lowest BCUT2D eigenvalue weighted by molar-refractivity contribution is 0.388. The molecule has 2 aromatic rings. The second kappa shape index (κ2) is 5.58. The number of nitrogens with two attached hydrogens (primary N) is 1. The van der Waals surface area contributed by atoms with Crippen LogP contribution >= 0.6 is 15.9 Å². The Bertz CT molecular complexity index is 662. The van der Waals surface area contributed by atoms with Gasteiger partial charge >= 0.3 is 0 Å². The summed E-state index contributed by atoms with van der Waals surface area (Å²) in [7, 11) is 2.00. The molecular weight excluding hydrogens is 326 g/mol. The Morgan fingerprint density at radius 3 is 2.81 bits per heavy atom. The van der Waals surface area contributed by atoms with Crippen LogP contribution in [0.15, 0.2) is 28.7 Å². The minimum atomic E-state index is -0.296. The van der Waals surface area contributed by atoms with E-state index in [1.807, 2.05) is 18.7 Å². The van der Waals surface area contributed by atoms with Crippen LogP contribution in [0.2, 0.25) is 0 Å². The number of hydrogen-bond donors (Lipinski definition) is 1. The van der Waals surface area contributed by atoms with Gasteiger partial charge in [-0.3, -0.25) is 4.68 Å². The number of fused-ring (bicyclic) bond motifs is 1. The van der Waals surface area contributed by atoms with Crippen LogP contribution in [0.4, 0.5) is 0 Å². The Balaban J connectivity index is 2.04. The predicted molar refractivity (Wildman–Crippen MR) is 89.2 cm³/mol. The first-order chi connectivity index (χ1) is 10.0. The molecule has 1 atom stereocenters. The molecule has 4 heteroatoms. The van der Waals surface area contributed by atoms with Crippen LogP contribution in [0.1, 0.15) is 41.8 Å². The van der Waals surface area contributed by atoms with Gasteiger partial charge in [-0.05, 0) is 53.2 Å². The zero-order valence-corrected chi connectivity index (χ0v) is 14.3. The highest BCUT2D eigenvalue weighted by Gasteiger charge is 2.33. The van der Waals surface area contributed by atoms with E-state index in [4.69, 9.17) is 5.73 Å². The van der Waals surface area contributed by atoms with E-state index in [2.05, 4.69) is 45.3 Å². The van der Waals surface area contributed by atoms with E-state index in [1.165, 1.54) is 29.7 Å². The lowest BCUT2D eigenvalue weighted by Crippen LogP contribution is -2.40. The standard InChI is InChI=1S/C17H22BrN3/c1-12-16(18)15(21(2)20-12)11-17(19)10-6-5-8-13-7-3-4-9-14(13)17/h3-4,7,9H,5-6,8,10-11,19H2,1-2H3. The SMILES string of the molecule is Cc1nn(C)c(CC2(N)CCCCc3ccccc32)c1Br. The summed E-state index contributed by atoms with van der Waals surface area (Å²) in [4.78, 5) is 0. The average Bonchev–Trinajstić information content (AvgIpc) is 2.64. The van der Waals surface area contributed by atoms with E-state index < -0.39 is 0 Å². The Labute approximate surface area is 134 Å². The number of halogens is 1. The van der Waals surface area contributed by atoms with Crippen LogP contribution in [-0.2, 0) is 25.4 Å². The maximum atomic E-state index is 6.89. The summed E-state index contributed by atoms with van der Waals surface area (Å²) in [5, 5.41) is 4.50. The third-order valence-corrected chi connectivity index (χ3v) is 5.65. The molecule has 0 amide bonds. The molecule has 1 aliphatic carbocycles. The van der Waals surface area contributed by atoms with E-state index >= 15 is 0 Å². The van der Waals surface area contributed by atoms with Crippen molar-refractivity contribution in [2.75, 3.05) is 0 Å². The van der Waals surface area contributed by atoms with Crippen molar-refractivity contribution >= 4 is 15.9 Å². The summed E-state index contributed by atoms with van der Waals surface area (Å²) in [6.45, 7) is 2.03. The maximum absolute atomic E-state index is 6.89. The third-order valence-electron chi connectivity index (χ3n) is 4.62. The van der Waals surface area contributed by atoms with Crippen molar-refractivity contribution < 1.29 is 0 Å². The molecule has 1 aliphatic rings. The van der Waals surface area contributed by atoms with Crippen LogP contribution in [-0.4, -0.2) is 9.78 Å². The molecule has 1 unspecified atom stereocenters. The highest BCUT2D eigenvalue weighted by atomic mass is 79.9. The van der Waals surface area contributed by atoms with Crippen molar-refractivity contribution in [1.82, 2.24) is 9.78 Å². The first kappa shape index (κ1) is 14.8. The molecule has 0 bridgehead atoms. The van der Waals surface area contributed by atoms with Crippen molar-refractivity contribution in [2.45, 2.75) is 44.6 Å². The Kier molecular flexibility index (Phi) is 3.93. The molecule has 0 radical (unpaired) electrons. The first-order valence-electron chi connectivity index (χ1n) is 7.56. The largest absolute Gasteiger partial charge is 0.321 e. The van der Waals surface area contributed by atoms with E-state index in [9.17, 15) is 0 Å². The number of nitrogens with zero attached hydrogens (tertiary/aromatic N) is 2. The Hall–Kier alpha value is -1.13. The molecule has 1 aromatic carbocycles. The van der Waals surface area contributed by atoms with E-state index in [0.717, 1.165) is 29.4 Å². The number of benzene rings is 1. The number of aromatic nitrogens is 2. The highest BCUT2D eigenvalue weighted by Crippen LogP contribution is 2.36. The summed E-state index contributed by atoms with van der Waals surface area (Å²) in [6, 6.07) is 8.66. The summed E-state index contributed by atoms with van der Waals surface area (Å²) in [5.41, 5.74) is 11.5. The van der Waals surface area contributed by atoms with E-state index in [-0.39, 0.29) is 5.54 Å². The smallest absolute Gasteiger partial charge is 0.0738 e. The highest BCUT2D eigenvalue weighted by molar-refractivity contribution is 9.10. The van der Waals surface area contributed by atoms with E-state index in [1.54, 1.807) is 0 Å². The number of aryl methyl sites for hydroxylation is 3. The minimum Gasteiger partial charge on any atom is -0.321 e. The van der Waals surface area contributed by atoms with Crippen molar-refractivity contribution in [3.8, 4) is 0 Å². The molecule has 0 saturated heterocycles. The van der Waals surface area contributed by atoms with Gasteiger partial charge in [0, 0.05) is 19.0 Å². The zero-order chi connectivity index (χ0) is 15.0. The van der Waals surface area contributed by atoms with Gasteiger partial charge in [-0.15, -0.1) is 0 Å². The minimum absolute atomic E-state index is 0.296. The van der Waals surface area contributed by atoms with Crippen LogP contribution in [0.3, 0.4) is 0 Å². The van der Waals surface area contributed by atoms with Gasteiger partial charge in [0.05, 0.1) is 15.9 Å². The first-order valence-corrected chi connectivity index (χ1v) is 8.36. The van der Waals surface area contributed by atoms with Crippen LogP contribution < -0.4 is 5.73 Å². The topological polar surface area (TPSA) is 43.8 Å². The van der Waals surface area contributed by atoms with Gasteiger partial charge in [-0.25, -0.2) is 0 Å². The summed E-state index contributed by atoms with van der Waals surface area (Å²) in [6.07, 6.45) is 5.39. The maximum Gasteiger partial charge on any atom is 0.0738 e. The molecule has 1 heterocycles. The average molecular weight is 348 g/mol. The predicted octanol–water partition coefficient (Wildman–Crippen LogP) is 3.61. The summed E-state index contributed by atoms with van der Waals surface area (Å²) < 4.78 is 3.05. The van der Waals surface area contributed by atoms with Crippen molar-refractivity contribution in [2.24, 2.45) is 12.8 Å². The molecular formula is C17H22BrN3. The molecule has 3 nitrogen and oxygen atoms in total. The molecule has 2 N–H and O–H groups in total. The molecule has 21 heavy (non-hydrogen) atoms. The van der Waals surface area contributed by atoms with E-state index in [0.29, 0.717) is 0 Å². The summed E-state index contributed by atoms with van der Waals surface area (Å²) >= 11 is 3.67. The molecule has 3 rings (SSSR count). The van der Waals surface area contributed by atoms with Crippen molar-refractivity contribution in [1.29, 1.82) is 0 Å². The lowest BCUT2D eigenvalue weighted by Gasteiger charge is -2.30. The molecule has 0 fully saturated rings. The van der Waals surface area contributed by atoms with Crippen LogP contribution in [0.5, 0.6) is 0 Å². The molecule has 1 aromatic heterocycles. The van der Waals surface area contributed by atoms with Crippen LogP contribution in [0, 0.1) is 6.92 Å². The Morgan fingerprint density at radius 2 is 2.10 bits per heavy atom. The van der Waals surface area contributed by atoms with Gasteiger partial charge in [-0.2, -0.15) is 5.10 Å². The number of hydrogen-bond acceptors (Lipinski definition) is 2. The monoisotopic (exact) mass is 347 g/mol. The van der Waals surface area contributed by atoms with Gasteiger partial charge in [0.25, 0.3) is 0 Å². The lowest BCUT2D eigenvalue weighted by atomic mass is 9.81. The second-order valence-corrected chi connectivity index (χ2v) is 6.96. The van der Waals surface area contributed by atoms with Crippen LogP contribution in [0.25, 0.3) is 0 Å². The van der Waals surface area contributed by atoms with Crippen molar-refractivity contribution in [3.63, 3.8) is 0 Å². The second-order valence-electron chi connectivity index (χ2n) is 6.17. The normalized spacial score (nSPS) is 21.9. The molecule has 112 valence electrons. The quantitative estimate of drug-likeness (QED) is 0.843. The third kappa shape index (κ3) is 2.67. The molecule has 0 saturated carbocycles. The van der Waals surface area contributed by atoms with Gasteiger partial charge in [0.15, 0.2) is 0 Å². The fourth-order valence-electron chi connectivity index (χ4n) is 3.47. The van der Waals surface area contributed by atoms with Gasteiger partial charge < -0.3 is 5.73 Å².